The predicted octanol–water partition coefficient (Wildman–Crippen LogP) is 15.5. The minimum Gasteiger partial charge on any atom is -0.256 e. The molecule has 3 aliphatic rings. The van der Waals surface area contributed by atoms with Crippen molar-refractivity contribution < 1.29 is 0 Å². The fourth-order valence-corrected chi connectivity index (χ4v) is 10.0. The summed E-state index contributed by atoms with van der Waals surface area (Å²) >= 11 is 0. The van der Waals surface area contributed by atoms with Gasteiger partial charge in [0.05, 0.1) is 5.69 Å². The van der Waals surface area contributed by atoms with Gasteiger partial charge in [-0.25, -0.2) is 15.0 Å². The third-order valence-corrected chi connectivity index (χ3v) is 13.7. The second-order valence-corrected chi connectivity index (χ2v) is 18.2. The van der Waals surface area contributed by atoms with Crippen LogP contribution in [0.15, 0.2) is 213 Å². The summed E-state index contributed by atoms with van der Waals surface area (Å²) in [6.07, 6.45) is 23.5. The normalized spacial score (nSPS) is 18.3. The monoisotopic (exact) mass is 846 g/mol. The lowest BCUT2D eigenvalue weighted by molar-refractivity contribution is 0.454. The number of rotatable bonds is 7. The first-order valence-corrected chi connectivity index (χ1v) is 23.0. The molecule has 4 heteroatoms. The summed E-state index contributed by atoms with van der Waals surface area (Å²) in [6, 6.07) is 56.3. The van der Waals surface area contributed by atoms with Crippen molar-refractivity contribution in [2.75, 3.05) is 0 Å². The smallest absolute Gasteiger partial charge is 0.164 e. The number of nitrogens with zero attached hydrogens (tertiary/aromatic N) is 4. The van der Waals surface area contributed by atoms with E-state index in [-0.39, 0.29) is 11.3 Å². The van der Waals surface area contributed by atoms with Crippen LogP contribution in [0, 0.1) is 17.3 Å². The van der Waals surface area contributed by atoms with Gasteiger partial charge in [0.15, 0.2) is 17.5 Å². The Morgan fingerprint density at radius 2 is 1.14 bits per heavy atom. The molecule has 66 heavy (non-hydrogen) atoms. The highest BCUT2D eigenvalue weighted by atomic mass is 15.0. The van der Waals surface area contributed by atoms with Crippen molar-refractivity contribution in [2.24, 2.45) is 17.3 Å². The number of allylic oxidation sites excluding steroid dienone is 9. The second-order valence-electron chi connectivity index (χ2n) is 18.2. The molecule has 2 aromatic heterocycles. The molecule has 7 aromatic carbocycles. The summed E-state index contributed by atoms with van der Waals surface area (Å²) in [4.78, 5) is 20.9. The average molecular weight is 847 g/mol. The molecular formula is C62H46N4. The van der Waals surface area contributed by atoms with Crippen LogP contribution >= 0.6 is 0 Å². The molecule has 2 heterocycles. The average Bonchev–Trinajstić information content (AvgIpc) is 3.37. The summed E-state index contributed by atoms with van der Waals surface area (Å²) in [7, 11) is 0. The summed E-state index contributed by atoms with van der Waals surface area (Å²) < 4.78 is 0. The summed E-state index contributed by atoms with van der Waals surface area (Å²) in [5.41, 5.74) is 14.3. The Balaban J connectivity index is 1.01. The Bertz CT molecular complexity index is 3440. The molecule has 9 aromatic rings. The van der Waals surface area contributed by atoms with Crippen molar-refractivity contribution in [3.05, 3.63) is 229 Å². The molecule has 4 nitrogen and oxygen atoms in total. The Labute approximate surface area is 385 Å². The van der Waals surface area contributed by atoms with Crippen LogP contribution in [0.5, 0.6) is 0 Å². The van der Waals surface area contributed by atoms with Gasteiger partial charge in [0, 0.05) is 45.3 Å². The fourth-order valence-electron chi connectivity index (χ4n) is 10.0. The van der Waals surface area contributed by atoms with Crippen LogP contribution in [0.25, 0.3) is 101 Å². The van der Waals surface area contributed by atoms with Crippen molar-refractivity contribution in [1.29, 1.82) is 0 Å². The Hall–Kier alpha value is -8.08. The van der Waals surface area contributed by atoms with E-state index < -0.39 is 0 Å². The largest absolute Gasteiger partial charge is 0.256 e. The van der Waals surface area contributed by atoms with Crippen LogP contribution in [0.2, 0.25) is 0 Å². The highest BCUT2D eigenvalue weighted by Gasteiger charge is 2.30. The lowest BCUT2D eigenvalue weighted by atomic mass is 9.70. The molecule has 3 unspecified atom stereocenters. The topological polar surface area (TPSA) is 51.6 Å². The molecule has 0 spiro atoms. The van der Waals surface area contributed by atoms with E-state index in [1.54, 1.807) is 0 Å². The zero-order valence-corrected chi connectivity index (χ0v) is 36.9. The molecule has 0 N–H and O–H groups in total. The van der Waals surface area contributed by atoms with E-state index in [0.717, 1.165) is 83.7 Å². The van der Waals surface area contributed by atoms with Gasteiger partial charge < -0.3 is 0 Å². The number of hydrogen-bond acceptors (Lipinski definition) is 4. The van der Waals surface area contributed by atoms with Gasteiger partial charge in [-0.15, -0.1) is 0 Å². The lowest BCUT2D eigenvalue weighted by Crippen LogP contribution is -2.23. The maximum Gasteiger partial charge on any atom is 0.164 e. The van der Waals surface area contributed by atoms with Crippen molar-refractivity contribution >= 4 is 33.2 Å². The van der Waals surface area contributed by atoms with Crippen LogP contribution in [0.3, 0.4) is 0 Å². The third-order valence-electron chi connectivity index (χ3n) is 13.7. The third kappa shape index (κ3) is 7.21. The number of benzene rings is 7. The molecule has 0 radical (unpaired) electrons. The van der Waals surface area contributed by atoms with Crippen LogP contribution in [0.1, 0.15) is 30.5 Å². The van der Waals surface area contributed by atoms with Crippen LogP contribution in [-0.2, 0) is 6.42 Å². The minimum absolute atomic E-state index is 0.0663. The van der Waals surface area contributed by atoms with Crippen LogP contribution in [-0.4, -0.2) is 19.9 Å². The highest BCUT2D eigenvalue weighted by Crippen LogP contribution is 2.43. The Morgan fingerprint density at radius 3 is 1.89 bits per heavy atom. The van der Waals surface area contributed by atoms with Gasteiger partial charge in [-0.05, 0) is 103 Å². The molecule has 0 amide bonds. The molecule has 12 rings (SSSR count). The first-order valence-electron chi connectivity index (χ1n) is 23.0. The number of hydrogen-bond donors (Lipinski definition) is 0. The number of pyridine rings is 1. The van der Waals surface area contributed by atoms with Gasteiger partial charge in [0.25, 0.3) is 0 Å². The summed E-state index contributed by atoms with van der Waals surface area (Å²) in [5, 5.41) is 4.47. The Morgan fingerprint density at radius 1 is 0.500 bits per heavy atom. The van der Waals surface area contributed by atoms with Crippen molar-refractivity contribution in [3.63, 3.8) is 0 Å². The van der Waals surface area contributed by atoms with Gasteiger partial charge in [0.2, 0.25) is 0 Å². The maximum atomic E-state index is 5.36. The van der Waals surface area contributed by atoms with Crippen LogP contribution in [0.4, 0.5) is 0 Å². The quantitative estimate of drug-likeness (QED) is 0.160. The van der Waals surface area contributed by atoms with E-state index in [1.807, 2.05) is 12.3 Å². The van der Waals surface area contributed by atoms with E-state index in [2.05, 4.69) is 220 Å². The predicted molar refractivity (Wildman–Crippen MR) is 274 cm³/mol. The molecule has 0 saturated carbocycles. The molecular weight excluding hydrogens is 801 g/mol. The minimum atomic E-state index is -0.0663. The Kier molecular flexibility index (Phi) is 9.68. The van der Waals surface area contributed by atoms with E-state index >= 15 is 0 Å². The maximum absolute atomic E-state index is 5.36. The van der Waals surface area contributed by atoms with E-state index in [0.29, 0.717) is 23.4 Å². The zero-order chi connectivity index (χ0) is 44.2. The summed E-state index contributed by atoms with van der Waals surface area (Å²) in [5.74, 6) is 2.67. The van der Waals surface area contributed by atoms with Crippen molar-refractivity contribution in [2.45, 2.75) is 20.3 Å². The number of fused-ring (bicyclic) bond motifs is 4. The first kappa shape index (κ1) is 39.5. The SMILES string of the molecule is CC1C=Cc2ccc(-c3ncccc3-c3ccc(-c4cc(C5=CC6C=CC=CC6(C)C=C5)cc(-c5nc(-c6cccc7ccccc67)nc(-c6cccc7ccccc67)n5)c4)cc3)cc2C1. The van der Waals surface area contributed by atoms with Gasteiger partial charge in [-0.3, -0.25) is 4.98 Å². The molecule has 0 aliphatic heterocycles. The molecule has 314 valence electrons. The standard InChI is InChI=1S/C62H46N4/c1-40-22-23-41-26-29-47(35-48(41)34-40)58-55(21-11-33-63-58)45-27-24-42(25-28-45)49-36-50(46-30-32-62(2)31-8-7-16-52(62)39-46)38-51(37-49)59-64-60(56-19-9-14-43-12-3-5-17-53(43)56)66-61(65-59)57-20-10-15-44-13-4-6-18-54(44)57/h3-33,35-40,52H,34H2,1-2H3. The molecule has 0 saturated heterocycles. The van der Waals surface area contributed by atoms with E-state index in [9.17, 15) is 0 Å². The fraction of sp³-hybridized carbons (Fsp3) is 0.0968. The lowest BCUT2D eigenvalue weighted by Gasteiger charge is -2.34. The molecule has 3 atom stereocenters. The van der Waals surface area contributed by atoms with Gasteiger partial charge in [-0.1, -0.05) is 196 Å². The summed E-state index contributed by atoms with van der Waals surface area (Å²) in [6.45, 7) is 4.58. The van der Waals surface area contributed by atoms with E-state index in [1.165, 1.54) is 16.7 Å². The first-order chi connectivity index (χ1) is 32.4. The zero-order valence-electron chi connectivity index (χ0n) is 36.9. The van der Waals surface area contributed by atoms with Crippen molar-refractivity contribution in [1.82, 2.24) is 19.9 Å². The van der Waals surface area contributed by atoms with Gasteiger partial charge >= 0.3 is 0 Å². The van der Waals surface area contributed by atoms with Gasteiger partial charge in [0.1, 0.15) is 0 Å². The highest BCUT2D eigenvalue weighted by molar-refractivity contribution is 5.98. The second kappa shape index (κ2) is 16.2. The molecule has 0 fully saturated rings. The van der Waals surface area contributed by atoms with Crippen molar-refractivity contribution in [3.8, 4) is 67.7 Å². The van der Waals surface area contributed by atoms with Crippen LogP contribution < -0.4 is 0 Å². The van der Waals surface area contributed by atoms with E-state index in [4.69, 9.17) is 19.9 Å². The molecule has 0 bridgehead atoms. The molecule has 3 aliphatic carbocycles. The number of aromatic nitrogens is 4. The van der Waals surface area contributed by atoms with Gasteiger partial charge in [-0.2, -0.15) is 0 Å².